The third-order valence-electron chi connectivity index (χ3n) is 3.59. The Labute approximate surface area is 154 Å². The van der Waals surface area contributed by atoms with Gasteiger partial charge in [0, 0.05) is 24.6 Å². The standard InChI is InChI=1S/C17H19N5O3S/c1-22-14(9-10-18-22)16-20-21-17(25-16)19-15(23)4-3-11-26-13-7-5-12(24-2)6-8-13/h5-10H,3-4,11H2,1-2H3,(H,19,21,23). The summed E-state index contributed by atoms with van der Waals surface area (Å²) < 4.78 is 12.2. The molecule has 9 heteroatoms. The van der Waals surface area contributed by atoms with Crippen molar-refractivity contribution in [3.8, 4) is 17.3 Å². The van der Waals surface area contributed by atoms with Gasteiger partial charge in [0.2, 0.25) is 5.91 Å². The molecule has 0 aliphatic rings. The SMILES string of the molecule is COc1ccc(SCCCC(=O)Nc2nnc(-c3ccnn3C)o2)cc1. The molecule has 2 heterocycles. The van der Waals surface area contributed by atoms with Crippen LogP contribution in [0.4, 0.5) is 6.01 Å². The minimum Gasteiger partial charge on any atom is -0.497 e. The van der Waals surface area contributed by atoms with Crippen LogP contribution < -0.4 is 10.1 Å². The number of hydrogen-bond acceptors (Lipinski definition) is 7. The van der Waals surface area contributed by atoms with Crippen molar-refractivity contribution in [1.82, 2.24) is 20.0 Å². The van der Waals surface area contributed by atoms with Gasteiger partial charge in [-0.2, -0.15) is 5.10 Å². The van der Waals surface area contributed by atoms with E-state index in [0.717, 1.165) is 22.8 Å². The van der Waals surface area contributed by atoms with E-state index in [2.05, 4.69) is 20.6 Å². The van der Waals surface area contributed by atoms with Gasteiger partial charge in [0.25, 0.3) is 5.89 Å². The fraction of sp³-hybridized carbons (Fsp3) is 0.294. The van der Waals surface area contributed by atoms with Crippen molar-refractivity contribution in [2.45, 2.75) is 17.7 Å². The van der Waals surface area contributed by atoms with Gasteiger partial charge in [0.05, 0.1) is 7.11 Å². The second-order valence-electron chi connectivity index (χ2n) is 5.43. The van der Waals surface area contributed by atoms with Crippen LogP contribution in [-0.4, -0.2) is 38.7 Å². The number of amides is 1. The third kappa shape index (κ3) is 4.63. The average molecular weight is 373 g/mol. The van der Waals surface area contributed by atoms with Gasteiger partial charge in [0.1, 0.15) is 11.4 Å². The molecule has 26 heavy (non-hydrogen) atoms. The van der Waals surface area contributed by atoms with E-state index in [0.29, 0.717) is 18.0 Å². The molecule has 1 amide bonds. The summed E-state index contributed by atoms with van der Waals surface area (Å²) in [7, 11) is 3.42. The van der Waals surface area contributed by atoms with Gasteiger partial charge in [-0.3, -0.25) is 14.8 Å². The van der Waals surface area contributed by atoms with Crippen LogP contribution in [0.1, 0.15) is 12.8 Å². The lowest BCUT2D eigenvalue weighted by molar-refractivity contribution is -0.116. The number of aryl methyl sites for hydroxylation is 1. The van der Waals surface area contributed by atoms with Crippen LogP contribution in [0, 0.1) is 0 Å². The number of anilines is 1. The molecule has 0 unspecified atom stereocenters. The smallest absolute Gasteiger partial charge is 0.322 e. The lowest BCUT2D eigenvalue weighted by atomic mass is 10.3. The van der Waals surface area contributed by atoms with Gasteiger partial charge in [0.15, 0.2) is 0 Å². The molecule has 1 N–H and O–H groups in total. The first-order valence-electron chi connectivity index (χ1n) is 8.04. The second kappa shape index (κ2) is 8.52. The first-order chi connectivity index (χ1) is 12.7. The Morgan fingerprint density at radius 3 is 2.77 bits per heavy atom. The molecule has 2 aromatic heterocycles. The van der Waals surface area contributed by atoms with Gasteiger partial charge in [-0.1, -0.05) is 5.10 Å². The molecule has 1 aromatic carbocycles. The monoisotopic (exact) mass is 373 g/mol. The molecule has 0 saturated heterocycles. The molecule has 8 nitrogen and oxygen atoms in total. The van der Waals surface area contributed by atoms with Crippen LogP contribution in [0.25, 0.3) is 11.6 Å². The molecule has 0 fully saturated rings. The van der Waals surface area contributed by atoms with E-state index >= 15 is 0 Å². The quantitative estimate of drug-likeness (QED) is 0.479. The highest BCUT2D eigenvalue weighted by Crippen LogP contribution is 2.22. The van der Waals surface area contributed by atoms with Crippen LogP contribution in [-0.2, 0) is 11.8 Å². The molecule has 3 aromatic rings. The number of nitrogens with zero attached hydrogens (tertiary/aromatic N) is 4. The number of aromatic nitrogens is 4. The van der Waals surface area contributed by atoms with Crippen molar-refractivity contribution in [1.29, 1.82) is 0 Å². The molecule has 136 valence electrons. The van der Waals surface area contributed by atoms with Crippen LogP contribution >= 0.6 is 11.8 Å². The summed E-state index contributed by atoms with van der Waals surface area (Å²) in [5.74, 6) is 1.83. The van der Waals surface area contributed by atoms with Crippen molar-refractivity contribution >= 4 is 23.7 Å². The largest absolute Gasteiger partial charge is 0.497 e. The molecule has 3 rings (SSSR count). The maximum Gasteiger partial charge on any atom is 0.322 e. The highest BCUT2D eigenvalue weighted by Gasteiger charge is 2.13. The van der Waals surface area contributed by atoms with Gasteiger partial charge in [-0.15, -0.1) is 16.9 Å². The first-order valence-corrected chi connectivity index (χ1v) is 9.03. The number of methoxy groups -OCH3 is 1. The fourth-order valence-electron chi connectivity index (χ4n) is 2.24. The van der Waals surface area contributed by atoms with Crippen molar-refractivity contribution in [2.75, 3.05) is 18.2 Å². The number of thioether (sulfide) groups is 1. The topological polar surface area (TPSA) is 95.1 Å². The summed E-state index contributed by atoms with van der Waals surface area (Å²) in [5, 5.41) is 14.4. The molecule has 0 bridgehead atoms. The number of benzene rings is 1. The molecule has 0 aliphatic carbocycles. The van der Waals surface area contributed by atoms with Crippen LogP contribution in [0.15, 0.2) is 45.8 Å². The van der Waals surface area contributed by atoms with E-state index in [9.17, 15) is 4.79 Å². The molecule has 0 spiro atoms. The predicted octanol–water partition coefficient (Wildman–Crippen LogP) is 2.99. The minimum atomic E-state index is -0.152. The van der Waals surface area contributed by atoms with Crippen LogP contribution in [0.5, 0.6) is 5.75 Å². The zero-order chi connectivity index (χ0) is 18.4. The number of rotatable bonds is 8. The number of carbonyl (C=O) groups excluding carboxylic acids is 1. The van der Waals surface area contributed by atoms with Gasteiger partial charge in [-0.25, -0.2) is 0 Å². The molecule has 0 saturated carbocycles. The van der Waals surface area contributed by atoms with Crippen molar-refractivity contribution in [3.05, 3.63) is 36.5 Å². The lowest BCUT2D eigenvalue weighted by Gasteiger charge is -2.03. The summed E-state index contributed by atoms with van der Waals surface area (Å²) in [6.45, 7) is 0. The van der Waals surface area contributed by atoms with Gasteiger partial charge < -0.3 is 9.15 Å². The predicted molar refractivity (Wildman–Crippen MR) is 98.1 cm³/mol. The Balaban J connectivity index is 1.41. The molecule has 0 atom stereocenters. The Hall–Kier alpha value is -2.81. The van der Waals surface area contributed by atoms with E-state index in [1.807, 2.05) is 24.3 Å². The Kier molecular flexibility index (Phi) is 5.90. The van der Waals surface area contributed by atoms with E-state index in [4.69, 9.17) is 9.15 Å². The third-order valence-corrected chi connectivity index (χ3v) is 4.69. The average Bonchev–Trinajstić information content (AvgIpc) is 3.28. The second-order valence-corrected chi connectivity index (χ2v) is 6.60. The minimum absolute atomic E-state index is 0.0917. The Bertz CT molecular complexity index is 859. The molecule has 0 radical (unpaired) electrons. The Morgan fingerprint density at radius 2 is 2.08 bits per heavy atom. The highest BCUT2D eigenvalue weighted by atomic mass is 32.2. The lowest BCUT2D eigenvalue weighted by Crippen LogP contribution is -2.11. The number of carbonyl (C=O) groups is 1. The summed E-state index contributed by atoms with van der Waals surface area (Å²) >= 11 is 1.70. The number of ether oxygens (including phenoxy) is 1. The molecular weight excluding hydrogens is 354 g/mol. The summed E-state index contributed by atoms with van der Waals surface area (Å²) in [6, 6.07) is 9.70. The Morgan fingerprint density at radius 1 is 1.27 bits per heavy atom. The van der Waals surface area contributed by atoms with Gasteiger partial charge in [-0.05, 0) is 42.5 Å². The fourth-order valence-corrected chi connectivity index (χ4v) is 3.09. The van der Waals surface area contributed by atoms with E-state index < -0.39 is 0 Å². The van der Waals surface area contributed by atoms with Gasteiger partial charge >= 0.3 is 6.01 Å². The highest BCUT2D eigenvalue weighted by molar-refractivity contribution is 7.99. The van der Waals surface area contributed by atoms with Crippen molar-refractivity contribution < 1.29 is 13.9 Å². The zero-order valence-electron chi connectivity index (χ0n) is 14.5. The molecular formula is C17H19N5O3S. The summed E-state index contributed by atoms with van der Waals surface area (Å²) in [5.41, 5.74) is 0.689. The van der Waals surface area contributed by atoms with Crippen LogP contribution in [0.2, 0.25) is 0 Å². The maximum absolute atomic E-state index is 12.0. The molecule has 0 aliphatic heterocycles. The zero-order valence-corrected chi connectivity index (χ0v) is 15.3. The summed E-state index contributed by atoms with van der Waals surface area (Å²) in [4.78, 5) is 13.1. The van der Waals surface area contributed by atoms with E-state index in [1.165, 1.54) is 0 Å². The summed E-state index contributed by atoms with van der Waals surface area (Å²) in [6.07, 6.45) is 2.76. The van der Waals surface area contributed by atoms with Crippen LogP contribution in [0.3, 0.4) is 0 Å². The number of nitrogens with one attached hydrogen (secondary N) is 1. The van der Waals surface area contributed by atoms with E-state index in [1.54, 1.807) is 42.9 Å². The number of hydrogen-bond donors (Lipinski definition) is 1. The van der Waals surface area contributed by atoms with Crippen molar-refractivity contribution in [2.24, 2.45) is 7.05 Å². The van der Waals surface area contributed by atoms with Crippen molar-refractivity contribution in [3.63, 3.8) is 0 Å². The first kappa shape index (κ1) is 18.0. The normalized spacial score (nSPS) is 10.7. The van der Waals surface area contributed by atoms with E-state index in [-0.39, 0.29) is 11.9 Å². The maximum atomic E-state index is 12.0.